The minimum absolute atomic E-state index is 0.691. The maximum absolute atomic E-state index is 3.45. The van der Waals surface area contributed by atoms with E-state index in [4.69, 9.17) is 0 Å². The van der Waals surface area contributed by atoms with Gasteiger partial charge in [-0.15, -0.1) is 0 Å². The van der Waals surface area contributed by atoms with Crippen LogP contribution in [-0.4, -0.2) is 18.3 Å². The molecule has 0 aromatic heterocycles. The Kier molecular flexibility index (Phi) is 6.53. The van der Waals surface area contributed by atoms with Gasteiger partial charge in [0, 0.05) is 17.5 Å². The summed E-state index contributed by atoms with van der Waals surface area (Å²) in [6.45, 7) is 6.74. The first-order valence-corrected chi connectivity index (χ1v) is 6.74. The van der Waals surface area contributed by atoms with Gasteiger partial charge in [0.25, 0.3) is 0 Å². The van der Waals surface area contributed by atoms with E-state index in [1.807, 2.05) is 11.8 Å². The second kappa shape index (κ2) is 7.77. The van der Waals surface area contributed by atoms with Gasteiger partial charge in [0.2, 0.25) is 0 Å². The Bertz CT molecular complexity index is 248. The first-order chi connectivity index (χ1) is 7.33. The van der Waals surface area contributed by atoms with E-state index in [0.29, 0.717) is 5.25 Å². The van der Waals surface area contributed by atoms with Crippen LogP contribution in [-0.2, 0) is 5.75 Å². The van der Waals surface area contributed by atoms with Gasteiger partial charge in [-0.3, -0.25) is 0 Å². The molecule has 1 aromatic carbocycles. The zero-order valence-corrected chi connectivity index (χ0v) is 10.5. The van der Waals surface area contributed by atoms with Crippen molar-refractivity contribution in [3.63, 3.8) is 0 Å². The summed E-state index contributed by atoms with van der Waals surface area (Å²) in [4.78, 5) is 0. The van der Waals surface area contributed by atoms with Crippen LogP contribution in [0.25, 0.3) is 0 Å². The van der Waals surface area contributed by atoms with E-state index in [2.05, 4.69) is 49.5 Å². The molecule has 0 spiro atoms. The van der Waals surface area contributed by atoms with Crippen LogP contribution < -0.4 is 5.32 Å². The smallest absolute Gasteiger partial charge is 0.0187 e. The fraction of sp³-hybridized carbons (Fsp3) is 0.538. The van der Waals surface area contributed by atoms with E-state index in [-0.39, 0.29) is 0 Å². The van der Waals surface area contributed by atoms with E-state index in [9.17, 15) is 0 Å². The fourth-order valence-electron chi connectivity index (χ4n) is 1.35. The van der Waals surface area contributed by atoms with Gasteiger partial charge in [0.1, 0.15) is 0 Å². The summed E-state index contributed by atoms with van der Waals surface area (Å²) in [5, 5.41) is 4.14. The third-order valence-corrected chi connectivity index (χ3v) is 3.47. The largest absolute Gasteiger partial charge is 0.316 e. The Morgan fingerprint density at radius 3 is 2.67 bits per heavy atom. The Balaban J connectivity index is 2.14. The van der Waals surface area contributed by atoms with Crippen molar-refractivity contribution >= 4 is 11.8 Å². The second-order valence-electron chi connectivity index (χ2n) is 3.81. The van der Waals surface area contributed by atoms with Crippen molar-refractivity contribution in [2.24, 2.45) is 0 Å². The number of thioether (sulfide) groups is 1. The molecule has 0 bridgehead atoms. The van der Waals surface area contributed by atoms with Crippen LogP contribution >= 0.6 is 11.8 Å². The second-order valence-corrected chi connectivity index (χ2v) is 5.24. The molecule has 1 N–H and O–H groups in total. The molecule has 0 radical (unpaired) electrons. The minimum Gasteiger partial charge on any atom is -0.316 e. The lowest BCUT2D eigenvalue weighted by atomic mass is 10.2. The number of nitrogens with one attached hydrogen (secondary N) is 1. The normalized spacial score (nSPS) is 12.7. The predicted molar refractivity (Wildman–Crippen MR) is 70.4 cm³/mol. The van der Waals surface area contributed by atoms with Gasteiger partial charge in [-0.2, -0.15) is 11.8 Å². The monoisotopic (exact) mass is 223 g/mol. The molecule has 0 aliphatic carbocycles. The minimum atomic E-state index is 0.691. The number of benzene rings is 1. The first-order valence-electron chi connectivity index (χ1n) is 5.69. The molecule has 1 rings (SSSR count). The molecular formula is C13H21NS. The molecule has 84 valence electrons. The predicted octanol–water partition coefficient (Wildman–Crippen LogP) is 3.31. The van der Waals surface area contributed by atoms with Crippen molar-refractivity contribution in [1.82, 2.24) is 5.32 Å². The molecule has 15 heavy (non-hydrogen) atoms. The van der Waals surface area contributed by atoms with Gasteiger partial charge in [0.15, 0.2) is 0 Å². The Hall–Kier alpha value is -0.470. The molecule has 2 heteroatoms. The topological polar surface area (TPSA) is 12.0 Å². The summed E-state index contributed by atoms with van der Waals surface area (Å²) in [6.07, 6.45) is 1.22. The summed E-state index contributed by atoms with van der Waals surface area (Å²) in [5.41, 5.74) is 1.42. The van der Waals surface area contributed by atoms with Crippen LogP contribution in [0.3, 0.4) is 0 Å². The van der Waals surface area contributed by atoms with Crippen molar-refractivity contribution in [2.75, 3.05) is 13.1 Å². The summed E-state index contributed by atoms with van der Waals surface area (Å²) < 4.78 is 0. The standard InChI is InChI=1S/C13H21NS/c1-3-9-14-10-12(2)15-11-13-7-5-4-6-8-13/h4-8,12,14H,3,9-11H2,1-2H3. The zero-order chi connectivity index (χ0) is 10.9. The van der Waals surface area contributed by atoms with Crippen molar-refractivity contribution in [1.29, 1.82) is 0 Å². The number of hydrogen-bond donors (Lipinski definition) is 1. The van der Waals surface area contributed by atoms with Crippen LogP contribution in [0.4, 0.5) is 0 Å². The summed E-state index contributed by atoms with van der Waals surface area (Å²) in [5.74, 6) is 1.12. The van der Waals surface area contributed by atoms with E-state index >= 15 is 0 Å². The first kappa shape index (κ1) is 12.6. The Morgan fingerprint density at radius 1 is 1.27 bits per heavy atom. The van der Waals surface area contributed by atoms with Crippen molar-refractivity contribution in [3.05, 3.63) is 35.9 Å². The average Bonchev–Trinajstić information content (AvgIpc) is 2.28. The van der Waals surface area contributed by atoms with Crippen molar-refractivity contribution < 1.29 is 0 Å². The quantitative estimate of drug-likeness (QED) is 0.712. The highest BCUT2D eigenvalue weighted by atomic mass is 32.2. The van der Waals surface area contributed by atoms with Crippen LogP contribution in [0.5, 0.6) is 0 Å². The van der Waals surface area contributed by atoms with Crippen molar-refractivity contribution in [2.45, 2.75) is 31.3 Å². The van der Waals surface area contributed by atoms with Crippen LogP contribution in [0, 0.1) is 0 Å². The molecule has 1 atom stereocenters. The van der Waals surface area contributed by atoms with E-state index in [0.717, 1.165) is 18.8 Å². The highest BCUT2D eigenvalue weighted by molar-refractivity contribution is 7.99. The van der Waals surface area contributed by atoms with E-state index in [1.54, 1.807) is 0 Å². The lowest BCUT2D eigenvalue weighted by Gasteiger charge is -2.11. The maximum Gasteiger partial charge on any atom is 0.0187 e. The molecule has 0 aliphatic heterocycles. The van der Waals surface area contributed by atoms with Crippen LogP contribution in [0.1, 0.15) is 25.8 Å². The van der Waals surface area contributed by atoms with Gasteiger partial charge >= 0.3 is 0 Å². The van der Waals surface area contributed by atoms with Gasteiger partial charge in [-0.1, -0.05) is 44.2 Å². The maximum atomic E-state index is 3.45. The number of hydrogen-bond acceptors (Lipinski definition) is 2. The molecule has 0 saturated heterocycles. The summed E-state index contributed by atoms with van der Waals surface area (Å²) >= 11 is 2.02. The zero-order valence-electron chi connectivity index (χ0n) is 9.70. The van der Waals surface area contributed by atoms with Gasteiger partial charge < -0.3 is 5.32 Å². The van der Waals surface area contributed by atoms with Gasteiger partial charge in [-0.25, -0.2) is 0 Å². The molecule has 1 nitrogen and oxygen atoms in total. The third-order valence-electron chi connectivity index (χ3n) is 2.24. The van der Waals surface area contributed by atoms with Crippen LogP contribution in [0.15, 0.2) is 30.3 Å². The summed E-state index contributed by atoms with van der Waals surface area (Å²) in [6, 6.07) is 10.7. The van der Waals surface area contributed by atoms with Gasteiger partial charge in [0.05, 0.1) is 0 Å². The lowest BCUT2D eigenvalue weighted by Crippen LogP contribution is -2.23. The Morgan fingerprint density at radius 2 is 2.00 bits per heavy atom. The molecule has 1 aromatic rings. The van der Waals surface area contributed by atoms with Crippen LogP contribution in [0.2, 0.25) is 0 Å². The SMILES string of the molecule is CCCNCC(C)SCc1ccccc1. The molecule has 0 fully saturated rings. The summed E-state index contributed by atoms with van der Waals surface area (Å²) in [7, 11) is 0. The highest BCUT2D eigenvalue weighted by Gasteiger charge is 2.01. The Labute approximate surface area is 97.7 Å². The van der Waals surface area contributed by atoms with Gasteiger partial charge in [-0.05, 0) is 18.5 Å². The van der Waals surface area contributed by atoms with E-state index < -0.39 is 0 Å². The molecular weight excluding hydrogens is 202 g/mol. The highest BCUT2D eigenvalue weighted by Crippen LogP contribution is 2.16. The average molecular weight is 223 g/mol. The number of rotatable bonds is 7. The third kappa shape index (κ3) is 5.85. The van der Waals surface area contributed by atoms with Crippen molar-refractivity contribution in [3.8, 4) is 0 Å². The molecule has 0 heterocycles. The van der Waals surface area contributed by atoms with E-state index in [1.165, 1.54) is 12.0 Å². The molecule has 0 saturated carbocycles. The molecule has 0 aliphatic rings. The fourth-order valence-corrected chi connectivity index (χ4v) is 2.26. The molecule has 1 unspecified atom stereocenters. The lowest BCUT2D eigenvalue weighted by molar-refractivity contribution is 0.669. The molecule has 0 amide bonds.